The van der Waals surface area contributed by atoms with Gasteiger partial charge in [0.1, 0.15) is 11.8 Å². The first-order chi connectivity index (χ1) is 12.5. The van der Waals surface area contributed by atoms with E-state index in [4.69, 9.17) is 4.74 Å². The van der Waals surface area contributed by atoms with Gasteiger partial charge in [-0.05, 0) is 42.3 Å². The van der Waals surface area contributed by atoms with Crippen LogP contribution >= 0.6 is 0 Å². The summed E-state index contributed by atoms with van der Waals surface area (Å²) in [5.74, 6) is 0.509. The fourth-order valence-corrected chi connectivity index (χ4v) is 2.55. The fourth-order valence-electron chi connectivity index (χ4n) is 2.55. The summed E-state index contributed by atoms with van der Waals surface area (Å²) >= 11 is 0. The Labute approximate surface area is 154 Å². The molecule has 2 aromatic rings. The predicted octanol–water partition coefficient (Wildman–Crippen LogP) is 2.53. The van der Waals surface area contributed by atoms with Crippen LogP contribution in [0.3, 0.4) is 0 Å². The number of aromatic nitrogens is 1. The number of rotatable bonds is 8. The fraction of sp³-hybridized carbons (Fsp3) is 0.350. The Bertz CT molecular complexity index is 717. The second kappa shape index (κ2) is 9.56. The van der Waals surface area contributed by atoms with Gasteiger partial charge in [-0.3, -0.25) is 14.6 Å². The number of hydrogen-bond donors (Lipinski definition) is 1. The van der Waals surface area contributed by atoms with Crippen molar-refractivity contribution in [1.29, 1.82) is 0 Å². The van der Waals surface area contributed by atoms with E-state index in [2.05, 4.69) is 10.3 Å². The number of nitrogens with zero attached hydrogens (tertiary/aromatic N) is 2. The van der Waals surface area contributed by atoms with Gasteiger partial charge in [-0.25, -0.2) is 0 Å². The van der Waals surface area contributed by atoms with E-state index in [-0.39, 0.29) is 11.8 Å². The minimum absolute atomic E-state index is 0.0626. The van der Waals surface area contributed by atoms with Gasteiger partial charge in [0.15, 0.2) is 0 Å². The summed E-state index contributed by atoms with van der Waals surface area (Å²) in [6.45, 7) is 4.33. The van der Waals surface area contributed by atoms with Gasteiger partial charge in [-0.15, -0.1) is 0 Å². The molecule has 2 rings (SSSR count). The molecular formula is C20H25N3O3. The molecule has 1 heterocycles. The van der Waals surface area contributed by atoms with Crippen LogP contribution in [0.25, 0.3) is 0 Å². The summed E-state index contributed by atoms with van der Waals surface area (Å²) in [5.41, 5.74) is 1.91. The van der Waals surface area contributed by atoms with Crippen molar-refractivity contribution in [3.05, 3.63) is 59.9 Å². The number of amides is 2. The van der Waals surface area contributed by atoms with Crippen molar-refractivity contribution in [2.75, 3.05) is 7.11 Å². The van der Waals surface area contributed by atoms with Gasteiger partial charge >= 0.3 is 0 Å². The summed E-state index contributed by atoms with van der Waals surface area (Å²) in [4.78, 5) is 30.5. The van der Waals surface area contributed by atoms with Crippen molar-refractivity contribution in [2.45, 2.75) is 39.4 Å². The molecule has 0 fully saturated rings. The zero-order valence-corrected chi connectivity index (χ0v) is 15.4. The van der Waals surface area contributed by atoms with Gasteiger partial charge in [0.2, 0.25) is 11.8 Å². The van der Waals surface area contributed by atoms with Gasteiger partial charge < -0.3 is 15.0 Å². The summed E-state index contributed by atoms with van der Waals surface area (Å²) < 4.78 is 5.15. The zero-order chi connectivity index (χ0) is 18.9. The minimum Gasteiger partial charge on any atom is -0.497 e. The molecule has 1 aromatic heterocycles. The average Bonchev–Trinajstić information content (AvgIpc) is 2.70. The predicted molar refractivity (Wildman–Crippen MR) is 99.4 cm³/mol. The first kappa shape index (κ1) is 19.4. The van der Waals surface area contributed by atoms with E-state index in [1.165, 1.54) is 0 Å². The van der Waals surface area contributed by atoms with Gasteiger partial charge in [0.25, 0.3) is 0 Å². The molecule has 0 aliphatic rings. The van der Waals surface area contributed by atoms with Crippen molar-refractivity contribution in [3.8, 4) is 5.75 Å². The molecular weight excluding hydrogens is 330 g/mol. The molecule has 26 heavy (non-hydrogen) atoms. The molecule has 0 saturated heterocycles. The number of pyridine rings is 1. The molecule has 138 valence electrons. The molecule has 1 aromatic carbocycles. The molecule has 0 aliphatic heterocycles. The largest absolute Gasteiger partial charge is 0.497 e. The van der Waals surface area contributed by atoms with Crippen molar-refractivity contribution in [2.24, 2.45) is 0 Å². The molecule has 0 saturated carbocycles. The van der Waals surface area contributed by atoms with Crippen molar-refractivity contribution in [1.82, 2.24) is 15.2 Å². The Balaban J connectivity index is 2.04. The quantitative estimate of drug-likeness (QED) is 0.790. The second-order valence-corrected chi connectivity index (χ2v) is 5.97. The van der Waals surface area contributed by atoms with E-state index < -0.39 is 6.04 Å². The first-order valence-electron chi connectivity index (χ1n) is 8.64. The smallest absolute Gasteiger partial charge is 0.242 e. The Morgan fingerprint density at radius 2 is 1.77 bits per heavy atom. The Morgan fingerprint density at radius 3 is 2.35 bits per heavy atom. The van der Waals surface area contributed by atoms with Gasteiger partial charge in [-0.2, -0.15) is 0 Å². The molecule has 1 atom stereocenters. The lowest BCUT2D eigenvalue weighted by Gasteiger charge is -2.28. The number of ether oxygens (including phenoxy) is 1. The van der Waals surface area contributed by atoms with Crippen LogP contribution in [0.1, 0.15) is 31.4 Å². The van der Waals surface area contributed by atoms with Crippen molar-refractivity contribution in [3.63, 3.8) is 0 Å². The Morgan fingerprint density at radius 1 is 1.12 bits per heavy atom. The highest BCUT2D eigenvalue weighted by Gasteiger charge is 2.24. The number of nitrogens with one attached hydrogen (secondary N) is 1. The third kappa shape index (κ3) is 5.31. The third-order valence-electron chi connectivity index (χ3n) is 4.20. The highest BCUT2D eigenvalue weighted by atomic mass is 16.5. The second-order valence-electron chi connectivity index (χ2n) is 5.97. The Hall–Kier alpha value is -2.89. The van der Waals surface area contributed by atoms with Gasteiger partial charge in [0, 0.05) is 31.9 Å². The van der Waals surface area contributed by atoms with E-state index >= 15 is 0 Å². The van der Waals surface area contributed by atoms with E-state index in [1.807, 2.05) is 36.4 Å². The molecule has 2 amide bonds. The lowest BCUT2D eigenvalue weighted by Crippen LogP contribution is -2.47. The number of hydrogen-bond acceptors (Lipinski definition) is 4. The van der Waals surface area contributed by atoms with Crippen LogP contribution in [-0.4, -0.2) is 34.8 Å². The Kier molecular flexibility index (Phi) is 7.14. The zero-order valence-electron chi connectivity index (χ0n) is 15.4. The molecule has 6 heteroatoms. The SMILES string of the molecule is CCC(=O)N(Cc1ccc(OC)cc1)[C@@H](C)C(=O)NCc1ccncc1. The van der Waals surface area contributed by atoms with Crippen molar-refractivity contribution >= 4 is 11.8 Å². The van der Waals surface area contributed by atoms with Crippen LogP contribution in [0, 0.1) is 0 Å². The summed E-state index contributed by atoms with van der Waals surface area (Å²) in [5, 5.41) is 2.88. The standard InChI is InChI=1S/C20H25N3O3/c1-4-19(24)23(14-17-5-7-18(26-3)8-6-17)15(2)20(25)22-13-16-9-11-21-12-10-16/h5-12,15H,4,13-14H2,1-3H3,(H,22,25)/t15-/m0/s1. The molecule has 0 radical (unpaired) electrons. The van der Waals surface area contributed by atoms with E-state index in [0.29, 0.717) is 19.5 Å². The number of methoxy groups -OCH3 is 1. The van der Waals surface area contributed by atoms with Crippen LogP contribution in [0.4, 0.5) is 0 Å². The monoisotopic (exact) mass is 355 g/mol. The lowest BCUT2D eigenvalue weighted by molar-refractivity contribution is -0.140. The van der Waals surface area contributed by atoms with Crippen LogP contribution in [0.5, 0.6) is 5.75 Å². The molecule has 1 N–H and O–H groups in total. The van der Waals surface area contributed by atoms with Gasteiger partial charge in [0.05, 0.1) is 7.11 Å². The number of carbonyl (C=O) groups is 2. The lowest BCUT2D eigenvalue weighted by atomic mass is 10.1. The van der Waals surface area contributed by atoms with Crippen LogP contribution < -0.4 is 10.1 Å². The maximum absolute atomic E-state index is 12.5. The highest BCUT2D eigenvalue weighted by molar-refractivity contribution is 5.87. The molecule has 0 aliphatic carbocycles. The normalized spacial score (nSPS) is 11.5. The highest BCUT2D eigenvalue weighted by Crippen LogP contribution is 2.15. The summed E-state index contributed by atoms with van der Waals surface area (Å²) in [6, 6.07) is 10.6. The summed E-state index contributed by atoms with van der Waals surface area (Å²) in [7, 11) is 1.61. The average molecular weight is 355 g/mol. The van der Waals surface area contributed by atoms with Crippen LogP contribution in [0.2, 0.25) is 0 Å². The minimum atomic E-state index is -0.564. The van der Waals surface area contributed by atoms with Gasteiger partial charge in [-0.1, -0.05) is 19.1 Å². The maximum atomic E-state index is 12.5. The third-order valence-corrected chi connectivity index (χ3v) is 4.20. The molecule has 0 bridgehead atoms. The van der Waals surface area contributed by atoms with E-state index in [9.17, 15) is 9.59 Å². The maximum Gasteiger partial charge on any atom is 0.242 e. The number of benzene rings is 1. The molecule has 0 spiro atoms. The van der Waals surface area contributed by atoms with E-state index in [1.54, 1.807) is 38.3 Å². The van der Waals surface area contributed by atoms with Crippen LogP contribution in [0.15, 0.2) is 48.8 Å². The number of carbonyl (C=O) groups excluding carboxylic acids is 2. The van der Waals surface area contributed by atoms with Crippen LogP contribution in [-0.2, 0) is 22.7 Å². The summed E-state index contributed by atoms with van der Waals surface area (Å²) in [6.07, 6.45) is 3.71. The molecule has 6 nitrogen and oxygen atoms in total. The first-order valence-corrected chi connectivity index (χ1v) is 8.64. The topological polar surface area (TPSA) is 71.5 Å². The molecule has 0 unspecified atom stereocenters. The van der Waals surface area contributed by atoms with E-state index in [0.717, 1.165) is 16.9 Å². The van der Waals surface area contributed by atoms with Crippen molar-refractivity contribution < 1.29 is 14.3 Å².